The van der Waals surface area contributed by atoms with Crippen molar-refractivity contribution >= 4 is 24.9 Å². The van der Waals surface area contributed by atoms with Gasteiger partial charge in [0.1, 0.15) is 0 Å². The summed E-state index contributed by atoms with van der Waals surface area (Å²) in [4.78, 5) is 0. The molecule has 16 heavy (non-hydrogen) atoms. The Balaban J connectivity index is 0.000000963. The van der Waals surface area contributed by atoms with Crippen molar-refractivity contribution in [1.82, 2.24) is 0 Å². The molecule has 0 amide bonds. The summed E-state index contributed by atoms with van der Waals surface area (Å²) in [6.45, 7) is 0. The van der Waals surface area contributed by atoms with Crippen molar-refractivity contribution < 1.29 is 0 Å². The Bertz CT molecular complexity index is 500. The molecule has 0 saturated carbocycles. The summed E-state index contributed by atoms with van der Waals surface area (Å²) in [5.74, 6) is 0.447. The molecule has 0 nitrogen and oxygen atoms in total. The van der Waals surface area contributed by atoms with Crippen LogP contribution in [0.25, 0.3) is 6.08 Å². The summed E-state index contributed by atoms with van der Waals surface area (Å²) in [5.41, 5.74) is 4.15. The topological polar surface area (TPSA) is 0 Å². The van der Waals surface area contributed by atoms with Crippen molar-refractivity contribution in [3.8, 4) is 0 Å². The molecule has 1 aliphatic carbocycles. The van der Waals surface area contributed by atoms with E-state index in [4.69, 9.17) is 0 Å². The van der Waals surface area contributed by atoms with Gasteiger partial charge in [0.25, 0.3) is 0 Å². The molecule has 0 fully saturated rings. The van der Waals surface area contributed by atoms with Crippen LogP contribution in [0.15, 0.2) is 60.7 Å². The van der Waals surface area contributed by atoms with Crippen LogP contribution >= 0.6 is 0 Å². The molecule has 0 saturated heterocycles. The monoisotopic (exact) mass is 200 g/mol. The van der Waals surface area contributed by atoms with E-state index in [9.17, 15) is 0 Å². The van der Waals surface area contributed by atoms with Gasteiger partial charge >= 0.3 is 18.9 Å². The molecule has 1 atom stereocenters. The summed E-state index contributed by atoms with van der Waals surface area (Å²) in [5, 5.41) is 0. The van der Waals surface area contributed by atoms with E-state index in [1.54, 1.807) is 0 Å². The second-order valence-electron chi connectivity index (χ2n) is 3.88. The third-order valence-electron chi connectivity index (χ3n) is 2.96. The van der Waals surface area contributed by atoms with Crippen LogP contribution in [0, 0.1) is 0 Å². The minimum atomic E-state index is 0. The van der Waals surface area contributed by atoms with Crippen molar-refractivity contribution in [3.05, 3.63) is 77.4 Å². The molecule has 3 rings (SSSR count). The molecule has 0 bridgehead atoms. The fourth-order valence-corrected chi connectivity index (χ4v) is 2.20. The van der Waals surface area contributed by atoms with E-state index in [0.717, 1.165) is 0 Å². The zero-order valence-corrected chi connectivity index (χ0v) is 8.43. The van der Waals surface area contributed by atoms with Gasteiger partial charge in [-0.3, -0.25) is 0 Å². The van der Waals surface area contributed by atoms with Gasteiger partial charge < -0.3 is 0 Å². The zero-order valence-electron chi connectivity index (χ0n) is 8.43. The molecule has 74 valence electrons. The average molecular weight is 200 g/mol. The Hall–Kier alpha value is -1.22. The Morgan fingerprint density at radius 1 is 0.750 bits per heavy atom. The van der Waals surface area contributed by atoms with Crippen molar-refractivity contribution in [2.45, 2.75) is 5.92 Å². The zero-order chi connectivity index (χ0) is 10.1. The van der Waals surface area contributed by atoms with Crippen LogP contribution in [0.1, 0.15) is 22.6 Å². The molecule has 0 aliphatic heterocycles. The molecule has 2 aromatic rings. The molecule has 1 aliphatic rings. The van der Waals surface area contributed by atoms with Crippen LogP contribution in [-0.4, -0.2) is 18.9 Å². The Kier molecular flexibility index (Phi) is 3.34. The van der Waals surface area contributed by atoms with Gasteiger partial charge in [-0.1, -0.05) is 66.7 Å². The first-order valence-electron chi connectivity index (χ1n) is 5.27. The first-order valence-corrected chi connectivity index (χ1v) is 5.27. The molecular weight excluding hydrogens is 187 g/mol. The second kappa shape index (κ2) is 4.74. The number of fused-ring (bicyclic) bond motifs is 1. The normalized spacial score (nSPS) is 16.6. The van der Waals surface area contributed by atoms with Gasteiger partial charge in [-0.15, -0.1) is 0 Å². The molecule has 0 aromatic heterocycles. The maximum atomic E-state index is 2.28. The van der Waals surface area contributed by atoms with Gasteiger partial charge in [0.2, 0.25) is 0 Å². The minimum absolute atomic E-state index is 0. The third-order valence-corrected chi connectivity index (χ3v) is 2.96. The van der Waals surface area contributed by atoms with Crippen LogP contribution in [0.4, 0.5) is 0 Å². The molecular formula is C15H13Li. The molecule has 2 aromatic carbocycles. The Morgan fingerprint density at radius 3 is 2.25 bits per heavy atom. The standard InChI is InChI=1S/C15H12.Li.H/c1-2-6-12(7-3-1)15-11-10-13-8-4-5-9-14(13)15;;/h1-11,15H;;. The van der Waals surface area contributed by atoms with Crippen LogP contribution in [-0.2, 0) is 0 Å². The van der Waals surface area contributed by atoms with Crippen molar-refractivity contribution in [3.63, 3.8) is 0 Å². The molecule has 1 heteroatoms. The van der Waals surface area contributed by atoms with E-state index in [1.807, 2.05) is 0 Å². The fourth-order valence-electron chi connectivity index (χ4n) is 2.20. The molecule has 0 radical (unpaired) electrons. The van der Waals surface area contributed by atoms with E-state index in [-0.39, 0.29) is 18.9 Å². The summed E-state index contributed by atoms with van der Waals surface area (Å²) >= 11 is 0. The predicted molar refractivity (Wildman–Crippen MR) is 70.9 cm³/mol. The average Bonchev–Trinajstić information content (AvgIpc) is 2.74. The summed E-state index contributed by atoms with van der Waals surface area (Å²) in [6.07, 6.45) is 4.49. The van der Waals surface area contributed by atoms with Gasteiger partial charge in [0, 0.05) is 5.92 Å². The number of benzene rings is 2. The third kappa shape index (κ3) is 1.87. The number of allylic oxidation sites excluding steroid dienone is 1. The SMILES string of the molecule is C1=CC(c2ccccc2)c2ccccc21.[LiH]. The van der Waals surface area contributed by atoms with Crippen molar-refractivity contribution in [1.29, 1.82) is 0 Å². The Labute approximate surface area is 108 Å². The predicted octanol–water partition coefficient (Wildman–Crippen LogP) is 3.20. The van der Waals surface area contributed by atoms with Crippen molar-refractivity contribution in [2.24, 2.45) is 0 Å². The number of hydrogen-bond acceptors (Lipinski definition) is 0. The van der Waals surface area contributed by atoms with Crippen LogP contribution in [0.5, 0.6) is 0 Å². The van der Waals surface area contributed by atoms with E-state index < -0.39 is 0 Å². The summed E-state index contributed by atoms with van der Waals surface area (Å²) < 4.78 is 0. The molecule has 0 heterocycles. The van der Waals surface area contributed by atoms with Gasteiger partial charge in [-0.05, 0) is 16.7 Å². The molecule has 1 unspecified atom stereocenters. The van der Waals surface area contributed by atoms with Gasteiger partial charge in [-0.2, -0.15) is 0 Å². The Morgan fingerprint density at radius 2 is 1.44 bits per heavy atom. The number of rotatable bonds is 1. The van der Waals surface area contributed by atoms with Gasteiger partial charge in [-0.25, -0.2) is 0 Å². The second-order valence-corrected chi connectivity index (χ2v) is 3.88. The van der Waals surface area contributed by atoms with Crippen LogP contribution < -0.4 is 0 Å². The van der Waals surface area contributed by atoms with Crippen LogP contribution in [0.2, 0.25) is 0 Å². The fraction of sp³-hybridized carbons (Fsp3) is 0.0667. The maximum absolute atomic E-state index is 2.28. The van der Waals surface area contributed by atoms with Gasteiger partial charge in [0.15, 0.2) is 0 Å². The summed E-state index contributed by atoms with van der Waals surface area (Å²) in [7, 11) is 0. The first kappa shape index (κ1) is 11.3. The molecule has 0 N–H and O–H groups in total. The van der Waals surface area contributed by atoms with Crippen LogP contribution in [0.3, 0.4) is 0 Å². The quantitative estimate of drug-likeness (QED) is 0.620. The molecule has 0 spiro atoms. The van der Waals surface area contributed by atoms with E-state index in [2.05, 4.69) is 66.7 Å². The van der Waals surface area contributed by atoms with Crippen molar-refractivity contribution in [2.75, 3.05) is 0 Å². The van der Waals surface area contributed by atoms with E-state index in [1.165, 1.54) is 16.7 Å². The number of hydrogen-bond donors (Lipinski definition) is 0. The first-order chi connectivity index (χ1) is 7.45. The van der Waals surface area contributed by atoms with E-state index >= 15 is 0 Å². The summed E-state index contributed by atoms with van der Waals surface area (Å²) in [6, 6.07) is 19.2. The van der Waals surface area contributed by atoms with Gasteiger partial charge in [0.05, 0.1) is 0 Å². The van der Waals surface area contributed by atoms with E-state index in [0.29, 0.717) is 5.92 Å².